The summed E-state index contributed by atoms with van der Waals surface area (Å²) in [4.78, 5) is 4.34. The molecule has 0 aliphatic rings. The summed E-state index contributed by atoms with van der Waals surface area (Å²) in [5.41, 5.74) is 1.85. The van der Waals surface area contributed by atoms with Crippen LogP contribution in [0.4, 0.5) is 5.95 Å². The number of pyridine rings is 1. The number of hydrogen-bond donors (Lipinski definition) is 2. The quantitative estimate of drug-likeness (QED) is 0.795. The molecule has 0 bridgehead atoms. The Balaban J connectivity index is 1.94. The summed E-state index contributed by atoms with van der Waals surface area (Å²) in [6, 6.07) is 5.84. The van der Waals surface area contributed by atoms with Crippen LogP contribution in [0.5, 0.6) is 0 Å². The molecule has 1 atom stereocenters. The molecule has 2 rings (SSSR count). The van der Waals surface area contributed by atoms with E-state index in [4.69, 9.17) is 4.74 Å². The summed E-state index contributed by atoms with van der Waals surface area (Å²) >= 11 is 0. The molecule has 6 nitrogen and oxygen atoms in total. The average Bonchev–Trinajstić information content (AvgIpc) is 2.74. The third-order valence-corrected chi connectivity index (χ3v) is 2.67. The summed E-state index contributed by atoms with van der Waals surface area (Å²) in [5.74, 6) is 0.578. The molecule has 0 saturated carbocycles. The lowest BCUT2D eigenvalue weighted by Gasteiger charge is -2.08. The highest BCUT2D eigenvalue weighted by Gasteiger charge is 2.06. The van der Waals surface area contributed by atoms with Gasteiger partial charge in [-0.05, 0) is 25.5 Å². The molecular weight excluding hydrogens is 232 g/mol. The van der Waals surface area contributed by atoms with Crippen molar-refractivity contribution in [3.63, 3.8) is 0 Å². The van der Waals surface area contributed by atoms with Crippen LogP contribution in [-0.4, -0.2) is 46.1 Å². The van der Waals surface area contributed by atoms with Crippen LogP contribution in [0, 0.1) is 6.92 Å². The first kappa shape index (κ1) is 12.8. The van der Waals surface area contributed by atoms with Crippen LogP contribution in [0.15, 0.2) is 18.2 Å². The summed E-state index contributed by atoms with van der Waals surface area (Å²) in [6.45, 7) is 2.94. The van der Waals surface area contributed by atoms with Gasteiger partial charge in [-0.1, -0.05) is 6.07 Å². The number of methoxy groups -OCH3 is 1. The molecule has 0 amide bonds. The monoisotopic (exact) mass is 250 g/mol. The number of anilines is 1. The van der Waals surface area contributed by atoms with Crippen molar-refractivity contribution in [2.45, 2.75) is 19.4 Å². The average molecular weight is 250 g/mol. The van der Waals surface area contributed by atoms with Crippen LogP contribution < -0.4 is 5.32 Å². The minimum Gasteiger partial charge on any atom is -0.391 e. The van der Waals surface area contributed by atoms with Crippen LogP contribution in [0.1, 0.15) is 12.1 Å². The molecule has 2 N–H and O–H groups in total. The molecule has 0 fully saturated rings. The molecule has 2 aromatic heterocycles. The Morgan fingerprint density at radius 2 is 2.33 bits per heavy atom. The molecule has 0 spiro atoms. The maximum Gasteiger partial charge on any atom is 0.243 e. The Morgan fingerprint density at radius 3 is 3.06 bits per heavy atom. The van der Waals surface area contributed by atoms with Gasteiger partial charge in [-0.15, -0.1) is 5.10 Å². The Kier molecular flexibility index (Phi) is 4.11. The highest BCUT2D eigenvalue weighted by Crippen LogP contribution is 2.08. The molecule has 2 heterocycles. The van der Waals surface area contributed by atoms with E-state index in [2.05, 4.69) is 15.4 Å². The number of aromatic nitrogens is 3. The van der Waals surface area contributed by atoms with Gasteiger partial charge in [0.05, 0.1) is 12.7 Å². The van der Waals surface area contributed by atoms with Crippen molar-refractivity contribution >= 4 is 11.6 Å². The van der Waals surface area contributed by atoms with E-state index < -0.39 is 6.10 Å². The fraction of sp³-hybridized carbons (Fsp3) is 0.500. The van der Waals surface area contributed by atoms with Crippen molar-refractivity contribution in [2.75, 3.05) is 25.6 Å². The van der Waals surface area contributed by atoms with E-state index in [9.17, 15) is 5.11 Å². The molecule has 0 aliphatic carbocycles. The second-order valence-electron chi connectivity index (χ2n) is 4.20. The minimum atomic E-state index is -0.457. The first-order valence-corrected chi connectivity index (χ1v) is 5.94. The second-order valence-corrected chi connectivity index (χ2v) is 4.20. The SMILES string of the molecule is COCC(O)CCNc1nc2cccc(C)n2n1. The lowest BCUT2D eigenvalue weighted by atomic mass is 10.3. The number of hydrogen-bond acceptors (Lipinski definition) is 5. The van der Waals surface area contributed by atoms with Crippen molar-refractivity contribution in [1.82, 2.24) is 14.6 Å². The fourth-order valence-electron chi connectivity index (χ4n) is 1.74. The molecule has 2 aromatic rings. The zero-order chi connectivity index (χ0) is 13.0. The van der Waals surface area contributed by atoms with Gasteiger partial charge in [0.2, 0.25) is 5.95 Å². The molecule has 0 saturated heterocycles. The van der Waals surface area contributed by atoms with Crippen LogP contribution in [0.3, 0.4) is 0 Å². The van der Waals surface area contributed by atoms with Crippen molar-refractivity contribution < 1.29 is 9.84 Å². The van der Waals surface area contributed by atoms with E-state index in [1.807, 2.05) is 25.1 Å². The topological polar surface area (TPSA) is 71.7 Å². The molecule has 0 radical (unpaired) electrons. The normalized spacial score (nSPS) is 12.8. The predicted octanol–water partition coefficient (Wildman–Crippen LogP) is 0.847. The van der Waals surface area contributed by atoms with Crippen molar-refractivity contribution in [1.29, 1.82) is 0 Å². The largest absolute Gasteiger partial charge is 0.391 e. The van der Waals surface area contributed by atoms with Gasteiger partial charge >= 0.3 is 0 Å². The van der Waals surface area contributed by atoms with E-state index in [1.165, 1.54) is 0 Å². The maximum atomic E-state index is 9.50. The molecule has 98 valence electrons. The summed E-state index contributed by atoms with van der Waals surface area (Å²) in [5, 5.41) is 16.9. The molecule has 18 heavy (non-hydrogen) atoms. The van der Waals surface area contributed by atoms with Crippen LogP contribution in [0.2, 0.25) is 0 Å². The minimum absolute atomic E-state index is 0.347. The Bertz CT molecular complexity index is 512. The Labute approximate surface area is 106 Å². The van der Waals surface area contributed by atoms with Crippen molar-refractivity contribution in [3.05, 3.63) is 23.9 Å². The standard InChI is InChI=1S/C12H18N4O2/c1-9-4-3-5-11-14-12(15-16(9)11)13-7-6-10(17)8-18-2/h3-5,10,17H,6-8H2,1-2H3,(H,13,15). The number of aryl methyl sites for hydroxylation is 1. The second kappa shape index (κ2) is 5.79. The Morgan fingerprint density at radius 1 is 1.50 bits per heavy atom. The Hall–Kier alpha value is -1.66. The summed E-state index contributed by atoms with van der Waals surface area (Å²) in [7, 11) is 1.57. The van der Waals surface area contributed by atoms with Gasteiger partial charge in [-0.2, -0.15) is 4.98 Å². The van der Waals surface area contributed by atoms with E-state index in [-0.39, 0.29) is 0 Å². The van der Waals surface area contributed by atoms with Crippen molar-refractivity contribution in [2.24, 2.45) is 0 Å². The third kappa shape index (κ3) is 2.96. The zero-order valence-electron chi connectivity index (χ0n) is 10.6. The van der Waals surface area contributed by atoms with E-state index in [0.29, 0.717) is 25.5 Å². The number of ether oxygens (including phenoxy) is 1. The van der Waals surface area contributed by atoms with E-state index in [1.54, 1.807) is 11.6 Å². The molecular formula is C12H18N4O2. The van der Waals surface area contributed by atoms with Crippen molar-refractivity contribution in [3.8, 4) is 0 Å². The van der Waals surface area contributed by atoms with Gasteiger partial charge in [-0.3, -0.25) is 0 Å². The van der Waals surface area contributed by atoms with Gasteiger partial charge in [0.25, 0.3) is 0 Å². The van der Waals surface area contributed by atoms with E-state index >= 15 is 0 Å². The molecule has 6 heteroatoms. The van der Waals surface area contributed by atoms with Gasteiger partial charge < -0.3 is 15.2 Å². The number of fused-ring (bicyclic) bond motifs is 1. The number of nitrogens with zero attached hydrogens (tertiary/aromatic N) is 3. The fourth-order valence-corrected chi connectivity index (χ4v) is 1.74. The van der Waals surface area contributed by atoms with Gasteiger partial charge in [0, 0.05) is 19.3 Å². The summed E-state index contributed by atoms with van der Waals surface area (Å²) < 4.78 is 6.64. The number of rotatable bonds is 6. The summed E-state index contributed by atoms with van der Waals surface area (Å²) in [6.07, 6.45) is 0.142. The zero-order valence-corrected chi connectivity index (χ0v) is 10.6. The number of aliphatic hydroxyl groups is 1. The van der Waals surface area contributed by atoms with Gasteiger partial charge in [0.15, 0.2) is 5.65 Å². The highest BCUT2D eigenvalue weighted by atomic mass is 16.5. The van der Waals surface area contributed by atoms with Crippen LogP contribution in [-0.2, 0) is 4.74 Å². The van der Waals surface area contributed by atoms with E-state index in [0.717, 1.165) is 11.3 Å². The number of aliphatic hydroxyl groups excluding tert-OH is 1. The first-order valence-electron chi connectivity index (χ1n) is 5.94. The predicted molar refractivity (Wildman–Crippen MR) is 68.7 cm³/mol. The maximum absolute atomic E-state index is 9.50. The van der Waals surface area contributed by atoms with Gasteiger partial charge in [0.1, 0.15) is 0 Å². The lowest BCUT2D eigenvalue weighted by Crippen LogP contribution is -2.18. The first-order chi connectivity index (χ1) is 8.70. The lowest BCUT2D eigenvalue weighted by molar-refractivity contribution is 0.0615. The van der Waals surface area contributed by atoms with Crippen LogP contribution in [0.25, 0.3) is 5.65 Å². The highest BCUT2D eigenvalue weighted by molar-refractivity contribution is 5.44. The third-order valence-electron chi connectivity index (χ3n) is 2.67. The smallest absolute Gasteiger partial charge is 0.243 e. The van der Waals surface area contributed by atoms with Gasteiger partial charge in [-0.25, -0.2) is 4.52 Å². The molecule has 0 aromatic carbocycles. The molecule has 0 aliphatic heterocycles. The number of nitrogens with one attached hydrogen (secondary N) is 1. The van der Waals surface area contributed by atoms with Crippen LogP contribution >= 0.6 is 0 Å². The molecule has 1 unspecified atom stereocenters.